The first-order chi connectivity index (χ1) is 15.3. The number of aliphatic hydroxyl groups is 4. The summed E-state index contributed by atoms with van der Waals surface area (Å²) in [5.41, 5.74) is 0.528. The van der Waals surface area contributed by atoms with Crippen molar-refractivity contribution in [3.8, 4) is 5.75 Å². The number of hydrogen-bond donors (Lipinski definition) is 6. The number of phenols is 1. The molecule has 3 aliphatic carbocycles. The van der Waals surface area contributed by atoms with Crippen LogP contribution < -0.4 is 5.73 Å². The standard InChI is InChI=1S/C22H21ClN2O8.Ca.2H/c1-6-9-7(23)4-5-8(26)11(9)16(27)12-10(6)17(28)14-15(25(2)3)18(29)13(21(24)32)20(31)22(14,33)19(12)30;;;/h4-5,10,14-15,17,26,28-30,33H,1H2,2-3H3,(H2,24,32);;;/t10-,14+,15+,17+,22+;;;/m1.../s1. The monoisotopic (exact) mass is 518 g/mol. The Labute approximate surface area is 228 Å². The predicted octanol–water partition coefficient (Wildman–Crippen LogP) is -0.701. The molecule has 0 spiro atoms. The van der Waals surface area contributed by atoms with Crippen LogP contribution in [0.25, 0.3) is 5.57 Å². The van der Waals surface area contributed by atoms with Crippen molar-refractivity contribution in [3.05, 3.63) is 57.5 Å². The van der Waals surface area contributed by atoms with Crippen LogP contribution in [-0.2, 0) is 9.59 Å². The number of phenolic OH excluding ortho intramolecular Hbond substituents is 1. The third kappa shape index (κ3) is 3.21. The maximum atomic E-state index is 13.4. The Morgan fingerprint density at radius 1 is 1.18 bits per heavy atom. The molecule has 1 aromatic rings. The van der Waals surface area contributed by atoms with Gasteiger partial charge in [0.2, 0.25) is 5.78 Å². The van der Waals surface area contributed by atoms with Crippen LogP contribution in [0.3, 0.4) is 0 Å². The molecule has 10 nitrogen and oxygen atoms in total. The molecule has 0 unspecified atom stereocenters. The van der Waals surface area contributed by atoms with Crippen molar-refractivity contribution >= 4 is 72.4 Å². The van der Waals surface area contributed by atoms with Crippen LogP contribution >= 0.6 is 11.6 Å². The number of primary amides is 1. The van der Waals surface area contributed by atoms with Gasteiger partial charge in [0, 0.05) is 16.5 Å². The second kappa shape index (κ2) is 8.63. The molecule has 0 saturated carbocycles. The zero-order chi connectivity index (χ0) is 24.7. The van der Waals surface area contributed by atoms with Crippen LogP contribution in [0, 0.1) is 11.8 Å². The molecule has 1 aromatic carbocycles. The quantitative estimate of drug-likeness (QED) is 0.218. The van der Waals surface area contributed by atoms with Crippen LogP contribution in [-0.4, -0.2) is 117 Å². The number of fused-ring (bicyclic) bond motifs is 3. The van der Waals surface area contributed by atoms with Gasteiger partial charge in [0.1, 0.15) is 22.8 Å². The van der Waals surface area contributed by atoms with E-state index >= 15 is 0 Å². The van der Waals surface area contributed by atoms with Crippen molar-refractivity contribution in [2.45, 2.75) is 17.7 Å². The van der Waals surface area contributed by atoms with Crippen LogP contribution in [0.2, 0.25) is 5.02 Å². The van der Waals surface area contributed by atoms with Gasteiger partial charge in [-0.15, -0.1) is 0 Å². The zero-order valence-corrected chi connectivity index (χ0v) is 18.3. The number of Topliss-reactive ketones (excluding diaryl/α,β-unsaturated/α-hetero) is 2. The molecule has 4 rings (SSSR count). The molecular weight excluding hydrogens is 496 g/mol. The number of nitrogens with zero attached hydrogens (tertiary/aromatic N) is 1. The van der Waals surface area contributed by atoms with E-state index in [9.17, 15) is 39.9 Å². The summed E-state index contributed by atoms with van der Waals surface area (Å²) < 4.78 is 0. The SMILES string of the molecule is C=C1c2c(Cl)ccc(O)c2C(=O)C2=C(O)[C@]3(O)C(=O)C(C(N)=O)=C(O)[C@@H](N(C)C)[C@H]3[C@@H](O)[C@H]12.[CaH2]. The molecule has 12 heteroatoms. The van der Waals surface area contributed by atoms with Gasteiger partial charge in [0.25, 0.3) is 5.91 Å². The molecule has 0 heterocycles. The van der Waals surface area contributed by atoms with Gasteiger partial charge >= 0.3 is 37.7 Å². The summed E-state index contributed by atoms with van der Waals surface area (Å²) in [4.78, 5) is 39.8. The summed E-state index contributed by atoms with van der Waals surface area (Å²) in [7, 11) is 2.90. The van der Waals surface area contributed by atoms with E-state index in [1.165, 1.54) is 25.1 Å². The first-order valence-electron chi connectivity index (χ1n) is 9.81. The molecule has 0 bridgehead atoms. The summed E-state index contributed by atoms with van der Waals surface area (Å²) in [5, 5.41) is 55.1. The second-order valence-electron chi connectivity index (χ2n) is 8.56. The number of aliphatic hydroxyl groups excluding tert-OH is 3. The van der Waals surface area contributed by atoms with E-state index in [2.05, 4.69) is 6.58 Å². The van der Waals surface area contributed by atoms with Crippen molar-refractivity contribution in [3.63, 3.8) is 0 Å². The minimum absolute atomic E-state index is 0. The molecule has 5 atom stereocenters. The van der Waals surface area contributed by atoms with Crippen molar-refractivity contribution in [1.82, 2.24) is 4.90 Å². The number of carbonyl (C=O) groups is 3. The van der Waals surface area contributed by atoms with Gasteiger partial charge in [-0.05, 0) is 31.8 Å². The van der Waals surface area contributed by atoms with E-state index in [0.717, 1.165) is 6.07 Å². The summed E-state index contributed by atoms with van der Waals surface area (Å²) in [6.45, 7) is 3.89. The summed E-state index contributed by atoms with van der Waals surface area (Å²) in [5.74, 6) is -9.17. The van der Waals surface area contributed by atoms with Gasteiger partial charge in [-0.1, -0.05) is 18.2 Å². The number of ketones is 2. The van der Waals surface area contributed by atoms with Gasteiger partial charge in [-0.2, -0.15) is 0 Å². The fourth-order valence-corrected chi connectivity index (χ4v) is 5.55. The van der Waals surface area contributed by atoms with E-state index in [-0.39, 0.29) is 59.5 Å². The number of rotatable bonds is 2. The summed E-state index contributed by atoms with van der Waals surface area (Å²) in [6.07, 6.45) is -1.75. The predicted molar refractivity (Wildman–Crippen MR) is 124 cm³/mol. The van der Waals surface area contributed by atoms with Crippen molar-refractivity contribution < 1.29 is 39.9 Å². The third-order valence-electron chi connectivity index (χ3n) is 6.67. The van der Waals surface area contributed by atoms with Crippen LogP contribution in [0.5, 0.6) is 5.75 Å². The average molecular weight is 519 g/mol. The molecule has 0 saturated heterocycles. The van der Waals surface area contributed by atoms with Crippen LogP contribution in [0.1, 0.15) is 15.9 Å². The van der Waals surface area contributed by atoms with E-state index < -0.39 is 75.5 Å². The fourth-order valence-electron chi connectivity index (χ4n) is 5.27. The number of halogens is 1. The molecule has 0 aliphatic heterocycles. The number of amides is 1. The first-order valence-corrected chi connectivity index (χ1v) is 10.2. The normalized spacial score (nSPS) is 30.6. The Balaban J connectivity index is 0.00000324. The number of aromatic hydroxyl groups is 1. The Hall–Kier alpha value is -1.92. The van der Waals surface area contributed by atoms with E-state index in [0.29, 0.717) is 0 Å². The van der Waals surface area contributed by atoms with Crippen LogP contribution in [0.15, 0.2) is 41.4 Å². The topological polar surface area (TPSA) is 182 Å². The van der Waals surface area contributed by atoms with Crippen molar-refractivity contribution in [1.29, 1.82) is 0 Å². The van der Waals surface area contributed by atoms with Gasteiger partial charge in [0.05, 0.1) is 29.2 Å². The number of nitrogens with two attached hydrogens (primary N) is 1. The molecule has 0 fully saturated rings. The fraction of sp³-hybridized carbons (Fsp3) is 0.318. The maximum absolute atomic E-state index is 13.4. The Morgan fingerprint density at radius 3 is 2.29 bits per heavy atom. The number of benzene rings is 1. The molecule has 34 heavy (non-hydrogen) atoms. The second-order valence-corrected chi connectivity index (χ2v) is 8.96. The molecule has 7 N–H and O–H groups in total. The van der Waals surface area contributed by atoms with Crippen molar-refractivity contribution in [2.24, 2.45) is 17.6 Å². The van der Waals surface area contributed by atoms with Gasteiger partial charge in [0.15, 0.2) is 11.4 Å². The average Bonchev–Trinajstić information content (AvgIpc) is 2.72. The minimum atomic E-state index is -2.97. The Kier molecular flexibility index (Phi) is 6.77. The molecule has 3 aliphatic rings. The summed E-state index contributed by atoms with van der Waals surface area (Å²) in [6, 6.07) is 1.13. The molecule has 0 radical (unpaired) electrons. The molecular formula is C22H23CaClN2O8. The van der Waals surface area contributed by atoms with Crippen molar-refractivity contribution in [2.75, 3.05) is 14.1 Å². The Morgan fingerprint density at radius 2 is 1.76 bits per heavy atom. The van der Waals surface area contributed by atoms with E-state index in [1.54, 1.807) is 0 Å². The molecule has 0 aromatic heterocycles. The number of likely N-dealkylation sites (N-methyl/N-ethyl adjacent to an activating group) is 1. The van der Waals surface area contributed by atoms with E-state index in [4.69, 9.17) is 17.3 Å². The summed E-state index contributed by atoms with van der Waals surface area (Å²) >= 11 is 6.24. The van der Waals surface area contributed by atoms with Crippen LogP contribution in [0.4, 0.5) is 0 Å². The number of carbonyl (C=O) groups excluding carboxylic acids is 3. The van der Waals surface area contributed by atoms with Gasteiger partial charge < -0.3 is 31.3 Å². The third-order valence-corrected chi connectivity index (χ3v) is 6.99. The first kappa shape index (κ1) is 26.7. The molecule has 178 valence electrons. The van der Waals surface area contributed by atoms with Gasteiger partial charge in [-0.3, -0.25) is 19.3 Å². The van der Waals surface area contributed by atoms with Gasteiger partial charge in [-0.25, -0.2) is 0 Å². The van der Waals surface area contributed by atoms with E-state index in [1.807, 2.05) is 0 Å². The number of hydrogen-bond acceptors (Lipinski definition) is 9. The zero-order valence-electron chi connectivity index (χ0n) is 17.5. The Bertz CT molecular complexity index is 1240. The molecule has 1 amide bonds.